The first-order valence-corrected chi connectivity index (χ1v) is 10.3. The van der Waals surface area contributed by atoms with Crippen LogP contribution in [0.2, 0.25) is 0 Å². The van der Waals surface area contributed by atoms with Crippen molar-refractivity contribution >= 4 is 11.8 Å². The maximum Gasteiger partial charge on any atom is 0.247 e. The van der Waals surface area contributed by atoms with Crippen LogP contribution < -0.4 is 9.47 Å². The second-order valence-electron chi connectivity index (χ2n) is 5.94. The van der Waals surface area contributed by atoms with Gasteiger partial charge in [-0.15, -0.1) is 22.0 Å². The highest BCUT2D eigenvalue weighted by Crippen LogP contribution is 2.23. The number of rotatable bonds is 11. The van der Waals surface area contributed by atoms with Crippen molar-refractivity contribution in [1.29, 1.82) is 0 Å². The van der Waals surface area contributed by atoms with E-state index >= 15 is 0 Å². The van der Waals surface area contributed by atoms with Crippen molar-refractivity contribution in [2.75, 3.05) is 19.0 Å². The summed E-state index contributed by atoms with van der Waals surface area (Å²) in [5.41, 5.74) is 0.897. The summed E-state index contributed by atoms with van der Waals surface area (Å²) in [5, 5.41) is 8.26. The van der Waals surface area contributed by atoms with Crippen LogP contribution >= 0.6 is 11.8 Å². The maximum atomic E-state index is 5.75. The van der Waals surface area contributed by atoms with Crippen LogP contribution in [0.1, 0.15) is 25.7 Å². The van der Waals surface area contributed by atoms with Gasteiger partial charge in [0.1, 0.15) is 11.5 Å². The average molecular weight is 385 g/mol. The van der Waals surface area contributed by atoms with Crippen molar-refractivity contribution in [1.82, 2.24) is 10.2 Å². The zero-order chi connectivity index (χ0) is 18.7. The van der Waals surface area contributed by atoms with E-state index in [2.05, 4.69) is 17.1 Å². The first-order valence-electron chi connectivity index (χ1n) is 9.16. The summed E-state index contributed by atoms with van der Waals surface area (Å²) < 4.78 is 17.1. The Morgan fingerprint density at radius 1 is 0.889 bits per heavy atom. The van der Waals surface area contributed by atoms with Crippen LogP contribution in [0.4, 0.5) is 0 Å². The van der Waals surface area contributed by atoms with E-state index in [0.29, 0.717) is 24.1 Å². The van der Waals surface area contributed by atoms with Crippen molar-refractivity contribution in [3.05, 3.63) is 60.5 Å². The van der Waals surface area contributed by atoms with Gasteiger partial charge < -0.3 is 13.9 Å². The Balaban J connectivity index is 1.41. The summed E-state index contributed by atoms with van der Waals surface area (Å²) in [7, 11) is 0. The Labute approximate surface area is 164 Å². The van der Waals surface area contributed by atoms with E-state index in [-0.39, 0.29) is 0 Å². The third kappa shape index (κ3) is 6.32. The minimum Gasteiger partial charge on any atom is -0.494 e. The Bertz CT molecular complexity index is 791. The highest BCUT2D eigenvalue weighted by molar-refractivity contribution is 7.98. The van der Waals surface area contributed by atoms with E-state index in [9.17, 15) is 0 Å². The molecule has 1 aromatic heterocycles. The standard InChI is InChI=1S/C21H24N2O3S/c1-2-3-13-24-19-11-9-17(10-12-19)21-23-22-20(26-21)16-27-15-14-25-18-7-5-4-6-8-18/h4-12H,2-3,13-16H2,1H3. The van der Waals surface area contributed by atoms with E-state index in [1.807, 2.05) is 54.6 Å². The smallest absolute Gasteiger partial charge is 0.247 e. The largest absolute Gasteiger partial charge is 0.494 e. The van der Waals surface area contributed by atoms with Crippen LogP contribution in [-0.2, 0) is 5.75 Å². The predicted molar refractivity (Wildman–Crippen MR) is 108 cm³/mol. The molecule has 0 saturated carbocycles. The average Bonchev–Trinajstić information content (AvgIpc) is 3.18. The number of nitrogens with zero attached hydrogens (tertiary/aromatic N) is 2. The summed E-state index contributed by atoms with van der Waals surface area (Å²) in [6, 6.07) is 17.6. The third-order valence-electron chi connectivity index (χ3n) is 3.80. The molecule has 0 N–H and O–H groups in total. The topological polar surface area (TPSA) is 57.4 Å². The van der Waals surface area contributed by atoms with Gasteiger partial charge in [-0.05, 0) is 42.8 Å². The van der Waals surface area contributed by atoms with E-state index in [1.54, 1.807) is 11.8 Å². The highest BCUT2D eigenvalue weighted by Gasteiger charge is 2.09. The summed E-state index contributed by atoms with van der Waals surface area (Å²) in [6.45, 7) is 3.54. The fourth-order valence-electron chi connectivity index (χ4n) is 2.35. The second kappa shape index (κ2) is 10.6. The number of hydrogen-bond acceptors (Lipinski definition) is 6. The van der Waals surface area contributed by atoms with Gasteiger partial charge in [-0.3, -0.25) is 0 Å². The van der Waals surface area contributed by atoms with Gasteiger partial charge in [0.25, 0.3) is 0 Å². The van der Waals surface area contributed by atoms with Gasteiger partial charge in [0, 0.05) is 11.3 Å². The van der Waals surface area contributed by atoms with Gasteiger partial charge in [0.15, 0.2) is 0 Å². The lowest BCUT2D eigenvalue weighted by Gasteiger charge is -2.05. The Morgan fingerprint density at radius 3 is 2.41 bits per heavy atom. The first kappa shape index (κ1) is 19.3. The van der Waals surface area contributed by atoms with Crippen LogP contribution in [0.3, 0.4) is 0 Å². The molecule has 0 fully saturated rings. The number of aromatic nitrogens is 2. The highest BCUT2D eigenvalue weighted by atomic mass is 32.2. The number of unbranched alkanes of at least 4 members (excludes halogenated alkanes) is 1. The second-order valence-corrected chi connectivity index (χ2v) is 7.05. The minimum atomic E-state index is 0.534. The van der Waals surface area contributed by atoms with Crippen LogP contribution in [-0.4, -0.2) is 29.2 Å². The zero-order valence-electron chi connectivity index (χ0n) is 15.5. The molecule has 0 radical (unpaired) electrons. The molecule has 27 heavy (non-hydrogen) atoms. The minimum absolute atomic E-state index is 0.534. The molecule has 0 saturated heterocycles. The molecule has 0 amide bonds. The third-order valence-corrected chi connectivity index (χ3v) is 4.71. The summed E-state index contributed by atoms with van der Waals surface area (Å²) >= 11 is 1.71. The summed E-state index contributed by atoms with van der Waals surface area (Å²) in [4.78, 5) is 0. The molecule has 0 atom stereocenters. The lowest BCUT2D eigenvalue weighted by molar-refractivity contribution is 0.309. The van der Waals surface area contributed by atoms with Gasteiger partial charge in [0.2, 0.25) is 11.8 Å². The molecule has 3 aromatic rings. The van der Waals surface area contributed by atoms with Crippen molar-refractivity contribution < 1.29 is 13.9 Å². The molecule has 5 nitrogen and oxygen atoms in total. The Morgan fingerprint density at radius 2 is 1.63 bits per heavy atom. The molecule has 2 aromatic carbocycles. The molecule has 1 heterocycles. The van der Waals surface area contributed by atoms with Crippen molar-refractivity contribution in [2.45, 2.75) is 25.5 Å². The number of ether oxygens (including phenoxy) is 2. The monoisotopic (exact) mass is 384 g/mol. The van der Waals surface area contributed by atoms with Crippen LogP contribution in [0.5, 0.6) is 11.5 Å². The molecule has 0 unspecified atom stereocenters. The van der Waals surface area contributed by atoms with Crippen molar-refractivity contribution in [3.63, 3.8) is 0 Å². The van der Waals surface area contributed by atoms with Gasteiger partial charge in [-0.25, -0.2) is 0 Å². The fourth-order valence-corrected chi connectivity index (χ4v) is 2.99. The molecule has 0 aliphatic heterocycles. The molecular weight excluding hydrogens is 360 g/mol. The Kier molecular flexibility index (Phi) is 7.59. The molecule has 0 aliphatic carbocycles. The molecule has 3 rings (SSSR count). The van der Waals surface area contributed by atoms with Gasteiger partial charge in [-0.1, -0.05) is 31.5 Å². The van der Waals surface area contributed by atoms with Crippen molar-refractivity contribution in [2.24, 2.45) is 0 Å². The number of benzene rings is 2. The SMILES string of the molecule is CCCCOc1ccc(-c2nnc(CSCCOc3ccccc3)o2)cc1. The maximum absolute atomic E-state index is 5.75. The Hall–Kier alpha value is -2.47. The number of thioether (sulfide) groups is 1. The van der Waals surface area contributed by atoms with E-state index in [4.69, 9.17) is 13.9 Å². The lowest BCUT2D eigenvalue weighted by Crippen LogP contribution is -2.00. The van der Waals surface area contributed by atoms with Gasteiger partial charge in [-0.2, -0.15) is 0 Å². The number of para-hydroxylation sites is 1. The van der Waals surface area contributed by atoms with Crippen LogP contribution in [0.25, 0.3) is 11.5 Å². The summed E-state index contributed by atoms with van der Waals surface area (Å²) in [6.07, 6.45) is 2.18. The predicted octanol–water partition coefficient (Wildman–Crippen LogP) is 5.23. The van der Waals surface area contributed by atoms with E-state index in [0.717, 1.165) is 42.3 Å². The quantitative estimate of drug-likeness (QED) is 0.422. The zero-order valence-corrected chi connectivity index (χ0v) is 16.3. The normalized spacial score (nSPS) is 10.7. The molecule has 0 spiro atoms. The van der Waals surface area contributed by atoms with E-state index < -0.39 is 0 Å². The van der Waals surface area contributed by atoms with Gasteiger partial charge in [0.05, 0.1) is 19.0 Å². The molecular formula is C21H24N2O3S. The van der Waals surface area contributed by atoms with Crippen LogP contribution in [0.15, 0.2) is 59.0 Å². The first-order chi connectivity index (χ1) is 13.3. The molecule has 142 valence electrons. The summed E-state index contributed by atoms with van der Waals surface area (Å²) in [5.74, 6) is 4.44. The molecule has 6 heteroatoms. The van der Waals surface area contributed by atoms with Crippen molar-refractivity contribution in [3.8, 4) is 23.0 Å². The molecule has 0 aliphatic rings. The fraction of sp³-hybridized carbons (Fsp3) is 0.333. The molecule has 0 bridgehead atoms. The lowest BCUT2D eigenvalue weighted by atomic mass is 10.2. The van der Waals surface area contributed by atoms with E-state index in [1.165, 1.54) is 0 Å². The van der Waals surface area contributed by atoms with Gasteiger partial charge >= 0.3 is 0 Å². The van der Waals surface area contributed by atoms with Crippen LogP contribution in [0, 0.1) is 0 Å². The number of hydrogen-bond donors (Lipinski definition) is 0.